The van der Waals surface area contributed by atoms with E-state index in [1.165, 1.54) is 18.6 Å². The van der Waals surface area contributed by atoms with Gasteiger partial charge in [0, 0.05) is 13.1 Å². The van der Waals surface area contributed by atoms with Crippen molar-refractivity contribution >= 4 is 17.6 Å². The van der Waals surface area contributed by atoms with Crippen molar-refractivity contribution in [1.82, 2.24) is 9.78 Å². The quantitative estimate of drug-likeness (QED) is 0.746. The minimum Gasteiger partial charge on any atom is -0.384 e. The molecule has 1 aliphatic rings. The number of thioether (sulfide) groups is 1. The smallest absolute Gasteiger partial charge is 0.121 e. The largest absolute Gasteiger partial charge is 0.384 e. The summed E-state index contributed by atoms with van der Waals surface area (Å²) in [6.45, 7) is 2.26. The third-order valence-corrected chi connectivity index (χ3v) is 4.22. The lowest BCUT2D eigenvalue weighted by Gasteiger charge is -2.19. The summed E-state index contributed by atoms with van der Waals surface area (Å²) in [5.74, 6) is 2.00. The lowest BCUT2D eigenvalue weighted by Crippen LogP contribution is -2.13. The minimum absolute atomic E-state index is 0.204. The summed E-state index contributed by atoms with van der Waals surface area (Å²) in [4.78, 5) is 0. The Bertz CT molecular complexity index is 293. The van der Waals surface area contributed by atoms with Gasteiger partial charge in [0.15, 0.2) is 0 Å². The van der Waals surface area contributed by atoms with Gasteiger partial charge in [0.1, 0.15) is 5.82 Å². The highest BCUT2D eigenvalue weighted by Crippen LogP contribution is 2.45. The van der Waals surface area contributed by atoms with Crippen LogP contribution in [0.3, 0.4) is 0 Å². The third-order valence-electron chi connectivity index (χ3n) is 2.68. The van der Waals surface area contributed by atoms with Crippen molar-refractivity contribution in [2.24, 2.45) is 7.05 Å². The van der Waals surface area contributed by atoms with E-state index >= 15 is 0 Å². The number of rotatable bonds is 1. The monoisotopic (exact) mass is 197 g/mol. The molecule has 2 heterocycles. The number of anilines is 1. The number of hydrogen-bond acceptors (Lipinski definition) is 3. The topological polar surface area (TPSA) is 43.8 Å². The Labute approximate surface area is 82.7 Å². The second-order valence-electron chi connectivity index (χ2n) is 3.76. The van der Waals surface area contributed by atoms with Crippen molar-refractivity contribution in [2.45, 2.75) is 24.5 Å². The molecule has 0 spiro atoms. The number of hydrogen-bond donors (Lipinski definition) is 1. The zero-order valence-corrected chi connectivity index (χ0v) is 8.90. The zero-order chi connectivity index (χ0) is 9.47. The summed E-state index contributed by atoms with van der Waals surface area (Å²) in [5, 5.41) is 4.43. The van der Waals surface area contributed by atoms with E-state index in [0.29, 0.717) is 0 Å². The zero-order valence-electron chi connectivity index (χ0n) is 8.08. The van der Waals surface area contributed by atoms with Crippen LogP contribution in [0.4, 0.5) is 5.82 Å². The van der Waals surface area contributed by atoms with Gasteiger partial charge in [-0.15, -0.1) is 11.8 Å². The molecule has 0 amide bonds. The van der Waals surface area contributed by atoms with E-state index in [4.69, 9.17) is 5.73 Å². The van der Waals surface area contributed by atoms with Crippen molar-refractivity contribution in [3.05, 3.63) is 11.8 Å². The van der Waals surface area contributed by atoms with Crippen molar-refractivity contribution in [1.29, 1.82) is 0 Å². The second-order valence-corrected chi connectivity index (χ2v) is 5.36. The molecule has 4 heteroatoms. The lowest BCUT2D eigenvalue weighted by atomic mass is 10.0. The Morgan fingerprint density at radius 1 is 1.69 bits per heavy atom. The Kier molecular flexibility index (Phi) is 2.02. The van der Waals surface area contributed by atoms with Gasteiger partial charge in [0.05, 0.1) is 10.4 Å². The molecule has 0 saturated carbocycles. The Morgan fingerprint density at radius 3 is 2.92 bits per heavy atom. The number of nitrogens with zero attached hydrogens (tertiary/aromatic N) is 2. The van der Waals surface area contributed by atoms with Crippen LogP contribution in [-0.2, 0) is 11.8 Å². The van der Waals surface area contributed by atoms with Gasteiger partial charge in [0.2, 0.25) is 0 Å². The molecule has 1 unspecified atom stereocenters. The molecule has 1 saturated heterocycles. The molecule has 1 aromatic heterocycles. The van der Waals surface area contributed by atoms with Crippen molar-refractivity contribution < 1.29 is 0 Å². The van der Waals surface area contributed by atoms with Crippen molar-refractivity contribution in [2.75, 3.05) is 11.5 Å². The SMILES string of the molecule is Cn1nc(C2(C)CCCS2)cc1N. The minimum atomic E-state index is 0.204. The summed E-state index contributed by atoms with van der Waals surface area (Å²) in [6, 6.07) is 2.00. The fourth-order valence-electron chi connectivity index (χ4n) is 1.72. The first-order chi connectivity index (χ1) is 6.12. The van der Waals surface area contributed by atoms with E-state index in [0.717, 1.165) is 11.5 Å². The van der Waals surface area contributed by atoms with E-state index in [2.05, 4.69) is 12.0 Å². The Balaban J connectivity index is 2.34. The average Bonchev–Trinajstić information content (AvgIpc) is 2.62. The van der Waals surface area contributed by atoms with Crippen LogP contribution in [0.2, 0.25) is 0 Å². The highest BCUT2D eigenvalue weighted by Gasteiger charge is 2.33. The maximum absolute atomic E-state index is 5.76. The molecular formula is C9H15N3S. The molecule has 1 aliphatic heterocycles. The summed E-state index contributed by atoms with van der Waals surface area (Å²) in [7, 11) is 1.89. The van der Waals surface area contributed by atoms with Crippen LogP contribution in [0.25, 0.3) is 0 Å². The molecule has 13 heavy (non-hydrogen) atoms. The van der Waals surface area contributed by atoms with E-state index in [9.17, 15) is 0 Å². The molecular weight excluding hydrogens is 182 g/mol. The van der Waals surface area contributed by atoms with Crippen LogP contribution in [0.15, 0.2) is 6.07 Å². The van der Waals surface area contributed by atoms with Gasteiger partial charge in [-0.25, -0.2) is 0 Å². The first-order valence-corrected chi connectivity index (χ1v) is 5.54. The molecule has 0 aliphatic carbocycles. The van der Waals surface area contributed by atoms with Crippen molar-refractivity contribution in [3.63, 3.8) is 0 Å². The summed E-state index contributed by atoms with van der Waals surface area (Å²) >= 11 is 1.99. The van der Waals surface area contributed by atoms with E-state index in [1.807, 2.05) is 24.9 Å². The fourth-order valence-corrected chi connectivity index (χ4v) is 3.00. The number of aryl methyl sites for hydroxylation is 1. The highest BCUT2D eigenvalue weighted by molar-refractivity contribution is 8.00. The van der Waals surface area contributed by atoms with Crippen LogP contribution in [-0.4, -0.2) is 15.5 Å². The van der Waals surface area contributed by atoms with Gasteiger partial charge in [-0.2, -0.15) is 5.10 Å². The number of aromatic nitrogens is 2. The van der Waals surface area contributed by atoms with Gasteiger partial charge < -0.3 is 5.73 Å². The normalized spacial score (nSPS) is 28.2. The Hall–Kier alpha value is -0.640. The maximum atomic E-state index is 5.76. The average molecular weight is 197 g/mol. The molecule has 1 aromatic rings. The molecule has 1 fully saturated rings. The second kappa shape index (κ2) is 2.94. The third kappa shape index (κ3) is 1.43. The predicted molar refractivity (Wildman–Crippen MR) is 56.7 cm³/mol. The molecule has 2 N–H and O–H groups in total. The van der Waals surface area contributed by atoms with Gasteiger partial charge in [-0.05, 0) is 25.5 Å². The van der Waals surface area contributed by atoms with Gasteiger partial charge in [-0.3, -0.25) is 4.68 Å². The fraction of sp³-hybridized carbons (Fsp3) is 0.667. The molecule has 2 rings (SSSR count). The van der Waals surface area contributed by atoms with Crippen molar-refractivity contribution in [3.8, 4) is 0 Å². The predicted octanol–water partition coefficient (Wildman–Crippen LogP) is 1.74. The highest BCUT2D eigenvalue weighted by atomic mass is 32.2. The van der Waals surface area contributed by atoms with Crippen LogP contribution in [0, 0.1) is 0 Å². The summed E-state index contributed by atoms with van der Waals surface area (Å²) < 4.78 is 1.95. The van der Waals surface area contributed by atoms with Crippen LogP contribution < -0.4 is 5.73 Å². The van der Waals surface area contributed by atoms with E-state index < -0.39 is 0 Å². The molecule has 0 bridgehead atoms. The molecule has 3 nitrogen and oxygen atoms in total. The molecule has 0 radical (unpaired) electrons. The lowest BCUT2D eigenvalue weighted by molar-refractivity contribution is 0.607. The molecule has 72 valence electrons. The van der Waals surface area contributed by atoms with Gasteiger partial charge in [0.25, 0.3) is 0 Å². The van der Waals surface area contributed by atoms with E-state index in [-0.39, 0.29) is 4.75 Å². The van der Waals surface area contributed by atoms with Crippen LogP contribution in [0.5, 0.6) is 0 Å². The first kappa shape index (κ1) is 8.94. The molecule has 0 aromatic carbocycles. The van der Waals surface area contributed by atoms with Crippen LogP contribution in [0.1, 0.15) is 25.5 Å². The van der Waals surface area contributed by atoms with Crippen LogP contribution >= 0.6 is 11.8 Å². The number of nitrogens with two attached hydrogens (primary N) is 1. The Morgan fingerprint density at radius 2 is 2.46 bits per heavy atom. The summed E-state index contributed by atoms with van der Waals surface area (Å²) in [6.07, 6.45) is 2.51. The summed E-state index contributed by atoms with van der Waals surface area (Å²) in [5.41, 5.74) is 6.89. The van der Waals surface area contributed by atoms with Gasteiger partial charge in [-0.1, -0.05) is 0 Å². The van der Waals surface area contributed by atoms with Gasteiger partial charge >= 0.3 is 0 Å². The maximum Gasteiger partial charge on any atom is 0.121 e. The van der Waals surface area contributed by atoms with E-state index in [1.54, 1.807) is 4.68 Å². The number of nitrogen functional groups attached to an aromatic ring is 1. The molecule has 1 atom stereocenters. The standard InChI is InChI=1S/C9H15N3S/c1-9(4-3-5-13-9)7-6-8(10)12(2)11-7/h6H,3-5,10H2,1-2H3. The first-order valence-electron chi connectivity index (χ1n) is 4.56.